The molecule has 0 aliphatic carbocycles. The van der Waals surface area contributed by atoms with Crippen molar-refractivity contribution in [3.63, 3.8) is 0 Å². The Kier molecular flexibility index (Phi) is 3.35. The molecule has 1 aromatic carbocycles. The third-order valence-corrected chi connectivity index (χ3v) is 2.03. The molecule has 1 aromatic rings. The molecular weight excluding hydrogens is 178 g/mol. The van der Waals surface area contributed by atoms with Gasteiger partial charge in [-0.1, -0.05) is 0 Å². The summed E-state index contributed by atoms with van der Waals surface area (Å²) in [5, 5.41) is 8.65. The van der Waals surface area contributed by atoms with E-state index in [2.05, 4.69) is 6.07 Å². The van der Waals surface area contributed by atoms with E-state index in [0.29, 0.717) is 6.42 Å². The standard InChI is InChI=1S/C11H13NO2/c1-8-6-10(13-2)7-9(4-5-12)11(8)14-3/h6-7H,4H2,1-3H3. The van der Waals surface area contributed by atoms with E-state index in [1.807, 2.05) is 19.1 Å². The van der Waals surface area contributed by atoms with Gasteiger partial charge in [-0.15, -0.1) is 0 Å². The number of ether oxygens (including phenoxy) is 2. The first-order valence-electron chi connectivity index (χ1n) is 4.31. The minimum atomic E-state index is 0.335. The maximum Gasteiger partial charge on any atom is 0.126 e. The van der Waals surface area contributed by atoms with E-state index in [0.717, 1.165) is 22.6 Å². The Balaban J connectivity index is 3.22. The van der Waals surface area contributed by atoms with Gasteiger partial charge in [0, 0.05) is 5.56 Å². The summed E-state index contributed by atoms with van der Waals surface area (Å²) in [6, 6.07) is 5.82. The number of nitriles is 1. The second-order valence-corrected chi connectivity index (χ2v) is 2.97. The average Bonchev–Trinajstić information content (AvgIpc) is 2.18. The maximum atomic E-state index is 8.65. The minimum Gasteiger partial charge on any atom is -0.497 e. The molecule has 0 atom stereocenters. The van der Waals surface area contributed by atoms with Gasteiger partial charge in [-0.05, 0) is 24.6 Å². The first-order valence-corrected chi connectivity index (χ1v) is 4.31. The molecule has 0 aliphatic rings. The molecule has 0 fully saturated rings. The Morgan fingerprint density at radius 2 is 2.00 bits per heavy atom. The summed E-state index contributed by atoms with van der Waals surface area (Å²) in [5.74, 6) is 1.53. The molecule has 0 heterocycles. The molecule has 0 saturated carbocycles. The summed E-state index contributed by atoms with van der Waals surface area (Å²) in [6.45, 7) is 1.93. The van der Waals surface area contributed by atoms with Crippen molar-refractivity contribution in [2.75, 3.05) is 14.2 Å². The minimum absolute atomic E-state index is 0.335. The summed E-state index contributed by atoms with van der Waals surface area (Å²) in [5.41, 5.74) is 1.85. The van der Waals surface area contributed by atoms with E-state index in [1.165, 1.54) is 0 Å². The van der Waals surface area contributed by atoms with Gasteiger partial charge in [0.1, 0.15) is 11.5 Å². The Morgan fingerprint density at radius 3 is 2.50 bits per heavy atom. The van der Waals surface area contributed by atoms with Crippen LogP contribution in [-0.4, -0.2) is 14.2 Å². The molecule has 0 spiro atoms. The van der Waals surface area contributed by atoms with Crippen molar-refractivity contribution in [1.29, 1.82) is 5.26 Å². The van der Waals surface area contributed by atoms with Crippen molar-refractivity contribution in [1.82, 2.24) is 0 Å². The molecule has 0 radical (unpaired) electrons. The van der Waals surface area contributed by atoms with E-state index in [-0.39, 0.29) is 0 Å². The largest absolute Gasteiger partial charge is 0.497 e. The van der Waals surface area contributed by atoms with Crippen LogP contribution in [0.15, 0.2) is 12.1 Å². The summed E-state index contributed by atoms with van der Waals surface area (Å²) >= 11 is 0. The molecule has 1 rings (SSSR count). The van der Waals surface area contributed by atoms with Gasteiger partial charge in [0.15, 0.2) is 0 Å². The van der Waals surface area contributed by atoms with Gasteiger partial charge in [-0.25, -0.2) is 0 Å². The van der Waals surface area contributed by atoms with Gasteiger partial charge >= 0.3 is 0 Å². The third kappa shape index (κ3) is 1.97. The van der Waals surface area contributed by atoms with Crippen LogP contribution in [0.25, 0.3) is 0 Å². The zero-order valence-electron chi connectivity index (χ0n) is 8.63. The van der Waals surface area contributed by atoms with Gasteiger partial charge in [0.25, 0.3) is 0 Å². The Bertz CT molecular complexity index is 366. The number of nitrogens with zero attached hydrogens (tertiary/aromatic N) is 1. The predicted octanol–water partition coefficient (Wildman–Crippen LogP) is 2.08. The van der Waals surface area contributed by atoms with Crippen LogP contribution < -0.4 is 9.47 Å². The van der Waals surface area contributed by atoms with Gasteiger partial charge in [0.2, 0.25) is 0 Å². The molecule has 0 aromatic heterocycles. The molecular formula is C11H13NO2. The van der Waals surface area contributed by atoms with Gasteiger partial charge in [-0.3, -0.25) is 0 Å². The van der Waals surface area contributed by atoms with Crippen LogP contribution >= 0.6 is 0 Å². The predicted molar refractivity (Wildman–Crippen MR) is 53.6 cm³/mol. The molecule has 0 N–H and O–H groups in total. The third-order valence-electron chi connectivity index (χ3n) is 2.03. The number of rotatable bonds is 3. The number of methoxy groups -OCH3 is 2. The zero-order valence-corrected chi connectivity index (χ0v) is 8.63. The highest BCUT2D eigenvalue weighted by Gasteiger charge is 2.08. The fourth-order valence-electron chi connectivity index (χ4n) is 1.44. The average molecular weight is 191 g/mol. The van der Waals surface area contributed by atoms with Crippen molar-refractivity contribution >= 4 is 0 Å². The molecule has 3 nitrogen and oxygen atoms in total. The smallest absolute Gasteiger partial charge is 0.126 e. The topological polar surface area (TPSA) is 42.2 Å². The summed E-state index contributed by atoms with van der Waals surface area (Å²) in [4.78, 5) is 0. The Labute approximate surface area is 83.9 Å². The summed E-state index contributed by atoms with van der Waals surface area (Å²) in [6.07, 6.45) is 0.335. The van der Waals surface area contributed by atoms with Crippen LogP contribution in [0.3, 0.4) is 0 Å². The van der Waals surface area contributed by atoms with E-state index < -0.39 is 0 Å². The highest BCUT2D eigenvalue weighted by Crippen LogP contribution is 2.28. The van der Waals surface area contributed by atoms with E-state index in [1.54, 1.807) is 14.2 Å². The molecule has 14 heavy (non-hydrogen) atoms. The lowest BCUT2D eigenvalue weighted by atomic mass is 10.1. The molecule has 0 amide bonds. The van der Waals surface area contributed by atoms with Crippen molar-refractivity contribution < 1.29 is 9.47 Å². The number of hydrogen-bond donors (Lipinski definition) is 0. The Morgan fingerprint density at radius 1 is 1.29 bits per heavy atom. The second kappa shape index (κ2) is 4.52. The van der Waals surface area contributed by atoms with Crippen molar-refractivity contribution in [3.05, 3.63) is 23.3 Å². The Hall–Kier alpha value is -1.69. The number of aryl methyl sites for hydroxylation is 1. The first-order chi connectivity index (χ1) is 6.72. The number of hydrogen-bond acceptors (Lipinski definition) is 3. The molecule has 0 bridgehead atoms. The van der Waals surface area contributed by atoms with E-state index in [4.69, 9.17) is 14.7 Å². The fraction of sp³-hybridized carbons (Fsp3) is 0.364. The lowest BCUT2D eigenvalue weighted by Gasteiger charge is -2.11. The molecule has 3 heteroatoms. The first kappa shape index (κ1) is 10.4. The van der Waals surface area contributed by atoms with Crippen molar-refractivity contribution in [2.24, 2.45) is 0 Å². The molecule has 0 aliphatic heterocycles. The van der Waals surface area contributed by atoms with E-state index in [9.17, 15) is 0 Å². The zero-order chi connectivity index (χ0) is 10.6. The highest BCUT2D eigenvalue weighted by atomic mass is 16.5. The van der Waals surface area contributed by atoms with Crippen LogP contribution in [0.5, 0.6) is 11.5 Å². The quantitative estimate of drug-likeness (QED) is 0.734. The van der Waals surface area contributed by atoms with Gasteiger partial charge in [0.05, 0.1) is 26.7 Å². The monoisotopic (exact) mass is 191 g/mol. The van der Waals surface area contributed by atoms with Crippen molar-refractivity contribution in [2.45, 2.75) is 13.3 Å². The normalized spacial score (nSPS) is 9.29. The van der Waals surface area contributed by atoms with E-state index >= 15 is 0 Å². The van der Waals surface area contributed by atoms with Crippen LogP contribution in [0.1, 0.15) is 11.1 Å². The van der Waals surface area contributed by atoms with Crippen LogP contribution in [0.4, 0.5) is 0 Å². The van der Waals surface area contributed by atoms with Crippen LogP contribution in [0.2, 0.25) is 0 Å². The fourth-order valence-corrected chi connectivity index (χ4v) is 1.44. The van der Waals surface area contributed by atoms with Crippen LogP contribution in [-0.2, 0) is 6.42 Å². The SMILES string of the molecule is COc1cc(C)c(OC)c(CC#N)c1. The maximum absolute atomic E-state index is 8.65. The van der Waals surface area contributed by atoms with Gasteiger partial charge in [-0.2, -0.15) is 5.26 Å². The lowest BCUT2D eigenvalue weighted by Crippen LogP contribution is -1.96. The van der Waals surface area contributed by atoms with Crippen molar-refractivity contribution in [3.8, 4) is 17.6 Å². The molecule has 0 saturated heterocycles. The summed E-state index contributed by atoms with van der Waals surface area (Å²) < 4.78 is 10.3. The summed E-state index contributed by atoms with van der Waals surface area (Å²) in [7, 11) is 3.22. The molecule has 74 valence electrons. The number of benzene rings is 1. The molecule has 0 unspecified atom stereocenters. The van der Waals surface area contributed by atoms with Crippen LogP contribution in [0, 0.1) is 18.3 Å². The lowest BCUT2D eigenvalue weighted by molar-refractivity contribution is 0.397. The second-order valence-electron chi connectivity index (χ2n) is 2.97. The van der Waals surface area contributed by atoms with Gasteiger partial charge < -0.3 is 9.47 Å². The highest BCUT2D eigenvalue weighted by molar-refractivity contribution is 5.47.